The van der Waals surface area contributed by atoms with Crippen LogP contribution in [0.25, 0.3) is 0 Å². The van der Waals surface area contributed by atoms with Gasteiger partial charge < -0.3 is 5.32 Å². The van der Waals surface area contributed by atoms with E-state index in [1.807, 2.05) is 0 Å². The standard InChI is InChI=1S/C14H22N2O2/c1-13(2,3)7-11(17)14-5-9-4-12(18)15-8-10(6-14)16(9)14/h9-10H,4-8H2,1-3H3,(H,15,18). The lowest BCUT2D eigenvalue weighted by molar-refractivity contribution is -0.199. The molecule has 1 N–H and O–H groups in total. The van der Waals surface area contributed by atoms with E-state index in [4.69, 9.17) is 0 Å². The molecule has 3 aliphatic heterocycles. The summed E-state index contributed by atoms with van der Waals surface area (Å²) in [4.78, 5) is 26.3. The van der Waals surface area contributed by atoms with Gasteiger partial charge in [-0.2, -0.15) is 0 Å². The fourth-order valence-corrected chi connectivity index (χ4v) is 3.92. The average Bonchev–Trinajstić information content (AvgIpc) is 2.25. The second-order valence-corrected chi connectivity index (χ2v) is 7.32. The van der Waals surface area contributed by atoms with Crippen molar-refractivity contribution in [2.24, 2.45) is 5.41 Å². The van der Waals surface area contributed by atoms with Gasteiger partial charge in [-0.3, -0.25) is 14.5 Å². The van der Waals surface area contributed by atoms with Crippen molar-refractivity contribution in [3.8, 4) is 0 Å². The number of ketones is 1. The van der Waals surface area contributed by atoms with Crippen molar-refractivity contribution < 1.29 is 9.59 Å². The summed E-state index contributed by atoms with van der Waals surface area (Å²) in [5.41, 5.74) is -0.142. The van der Waals surface area contributed by atoms with Crippen LogP contribution in [0.5, 0.6) is 0 Å². The normalized spacial score (nSPS) is 38.9. The SMILES string of the molecule is CC(C)(C)CC(=O)C12CC3CNC(=O)CC(C1)N32. The average molecular weight is 250 g/mol. The van der Waals surface area contributed by atoms with Crippen molar-refractivity contribution in [2.45, 2.75) is 64.1 Å². The van der Waals surface area contributed by atoms with Gasteiger partial charge >= 0.3 is 0 Å². The number of hydrogen-bond acceptors (Lipinski definition) is 3. The van der Waals surface area contributed by atoms with Crippen molar-refractivity contribution in [1.82, 2.24) is 10.2 Å². The first-order valence-corrected chi connectivity index (χ1v) is 6.90. The fraction of sp³-hybridized carbons (Fsp3) is 0.857. The molecule has 3 atom stereocenters. The molecule has 0 aromatic heterocycles. The Hall–Kier alpha value is -0.900. The zero-order chi connectivity index (χ0) is 13.1. The van der Waals surface area contributed by atoms with Crippen LogP contribution in [0.4, 0.5) is 0 Å². The minimum atomic E-state index is -0.199. The summed E-state index contributed by atoms with van der Waals surface area (Å²) < 4.78 is 0. The summed E-state index contributed by atoms with van der Waals surface area (Å²) in [6.07, 6.45) is 3.05. The Morgan fingerprint density at radius 2 is 2.06 bits per heavy atom. The third kappa shape index (κ3) is 1.62. The Morgan fingerprint density at radius 1 is 1.39 bits per heavy atom. The zero-order valence-electron chi connectivity index (χ0n) is 11.5. The molecule has 0 aromatic rings. The van der Waals surface area contributed by atoms with Crippen molar-refractivity contribution in [1.29, 1.82) is 0 Å². The van der Waals surface area contributed by atoms with E-state index in [-0.39, 0.29) is 16.9 Å². The molecule has 3 heterocycles. The van der Waals surface area contributed by atoms with Crippen molar-refractivity contribution >= 4 is 11.7 Å². The van der Waals surface area contributed by atoms with E-state index in [1.54, 1.807) is 0 Å². The van der Waals surface area contributed by atoms with Gasteiger partial charge in [0.2, 0.25) is 5.91 Å². The number of piperidine rings is 1. The molecular formula is C14H22N2O2. The molecule has 1 amide bonds. The fourth-order valence-electron chi connectivity index (χ4n) is 3.92. The lowest BCUT2D eigenvalue weighted by Crippen LogP contribution is -2.82. The summed E-state index contributed by atoms with van der Waals surface area (Å²) >= 11 is 0. The Balaban J connectivity index is 1.73. The molecule has 4 heteroatoms. The first kappa shape index (κ1) is 12.2. The highest BCUT2D eigenvalue weighted by Gasteiger charge is 2.67. The number of nitrogens with one attached hydrogen (secondary N) is 1. The number of carbonyl (C=O) groups is 2. The Kier molecular flexibility index (Phi) is 2.40. The topological polar surface area (TPSA) is 49.4 Å². The zero-order valence-corrected chi connectivity index (χ0v) is 11.5. The van der Waals surface area contributed by atoms with Crippen LogP contribution in [0.15, 0.2) is 0 Å². The Labute approximate surface area is 108 Å². The van der Waals surface area contributed by atoms with Crippen LogP contribution in [-0.2, 0) is 9.59 Å². The molecule has 0 aliphatic carbocycles. The van der Waals surface area contributed by atoms with E-state index < -0.39 is 0 Å². The molecule has 0 bridgehead atoms. The maximum Gasteiger partial charge on any atom is 0.221 e. The molecule has 3 saturated heterocycles. The van der Waals surface area contributed by atoms with Crippen molar-refractivity contribution in [3.63, 3.8) is 0 Å². The largest absolute Gasteiger partial charge is 0.354 e. The lowest BCUT2D eigenvalue weighted by Gasteiger charge is -2.68. The van der Waals surface area contributed by atoms with Gasteiger partial charge in [0.25, 0.3) is 0 Å². The monoisotopic (exact) mass is 250 g/mol. The summed E-state index contributed by atoms with van der Waals surface area (Å²) in [6, 6.07) is 0.717. The maximum atomic E-state index is 12.5. The summed E-state index contributed by atoms with van der Waals surface area (Å²) in [5.74, 6) is 0.531. The van der Waals surface area contributed by atoms with Gasteiger partial charge in [-0.15, -0.1) is 0 Å². The maximum absolute atomic E-state index is 12.5. The minimum Gasteiger partial charge on any atom is -0.354 e. The third-order valence-corrected chi connectivity index (χ3v) is 4.59. The van der Waals surface area contributed by atoms with Gasteiger partial charge in [0.1, 0.15) is 0 Å². The van der Waals surface area contributed by atoms with E-state index >= 15 is 0 Å². The summed E-state index contributed by atoms with van der Waals surface area (Å²) in [6.45, 7) is 7.06. The predicted octanol–water partition coefficient (Wildman–Crippen LogP) is 1.10. The molecule has 3 aliphatic rings. The molecule has 0 aromatic carbocycles. The number of amides is 1. The molecule has 100 valence electrons. The highest BCUT2D eigenvalue weighted by Crippen LogP contribution is 2.54. The first-order valence-electron chi connectivity index (χ1n) is 6.90. The van der Waals surface area contributed by atoms with E-state index in [0.29, 0.717) is 30.7 Å². The highest BCUT2D eigenvalue weighted by molar-refractivity contribution is 5.92. The summed E-state index contributed by atoms with van der Waals surface area (Å²) in [7, 11) is 0. The molecule has 3 rings (SSSR count). The van der Waals surface area contributed by atoms with Gasteiger partial charge in [0.15, 0.2) is 5.78 Å². The number of carbonyl (C=O) groups excluding carboxylic acids is 2. The Bertz CT molecular complexity index is 413. The van der Waals surface area contributed by atoms with Crippen molar-refractivity contribution in [2.75, 3.05) is 6.54 Å². The minimum absolute atomic E-state index is 0.0575. The quantitative estimate of drug-likeness (QED) is 0.798. The molecule has 0 radical (unpaired) electrons. The van der Waals surface area contributed by atoms with Gasteiger partial charge in [0, 0.05) is 31.5 Å². The van der Waals surface area contributed by atoms with Crippen LogP contribution in [0.3, 0.4) is 0 Å². The third-order valence-electron chi connectivity index (χ3n) is 4.59. The molecule has 3 fully saturated rings. The highest BCUT2D eigenvalue weighted by atomic mass is 16.2. The molecule has 3 unspecified atom stereocenters. The second-order valence-electron chi connectivity index (χ2n) is 7.32. The number of hydrogen-bond donors (Lipinski definition) is 1. The number of Topliss-reactive ketones (excluding diaryl/α,β-unsaturated/α-hetero) is 1. The smallest absolute Gasteiger partial charge is 0.221 e. The number of rotatable bonds is 2. The second kappa shape index (κ2) is 3.56. The van der Waals surface area contributed by atoms with Crippen LogP contribution >= 0.6 is 0 Å². The molecule has 0 saturated carbocycles. The molecular weight excluding hydrogens is 228 g/mol. The van der Waals surface area contributed by atoms with Crippen LogP contribution in [0, 0.1) is 5.41 Å². The molecule has 18 heavy (non-hydrogen) atoms. The predicted molar refractivity (Wildman–Crippen MR) is 68.1 cm³/mol. The van der Waals surface area contributed by atoms with E-state index in [2.05, 4.69) is 31.0 Å². The Morgan fingerprint density at radius 3 is 2.72 bits per heavy atom. The molecule has 0 spiro atoms. The van der Waals surface area contributed by atoms with Gasteiger partial charge in [-0.1, -0.05) is 20.8 Å². The first-order chi connectivity index (χ1) is 8.32. The van der Waals surface area contributed by atoms with Crippen LogP contribution < -0.4 is 5.32 Å². The van der Waals surface area contributed by atoms with Crippen LogP contribution in [0.1, 0.15) is 46.5 Å². The van der Waals surface area contributed by atoms with E-state index in [1.165, 1.54) is 0 Å². The molecule has 4 nitrogen and oxygen atoms in total. The lowest BCUT2D eigenvalue weighted by atomic mass is 9.60. The van der Waals surface area contributed by atoms with Gasteiger partial charge in [0.05, 0.1) is 5.54 Å². The van der Waals surface area contributed by atoms with Gasteiger partial charge in [-0.25, -0.2) is 0 Å². The van der Waals surface area contributed by atoms with E-state index in [0.717, 1.165) is 19.4 Å². The van der Waals surface area contributed by atoms with Crippen molar-refractivity contribution in [3.05, 3.63) is 0 Å². The van der Waals surface area contributed by atoms with Crippen LogP contribution in [-0.4, -0.2) is 40.8 Å². The summed E-state index contributed by atoms with van der Waals surface area (Å²) in [5, 5.41) is 2.95. The van der Waals surface area contributed by atoms with Gasteiger partial charge in [-0.05, 0) is 18.3 Å². The number of nitrogens with zero attached hydrogens (tertiary/aromatic N) is 1. The van der Waals surface area contributed by atoms with E-state index in [9.17, 15) is 9.59 Å². The van der Waals surface area contributed by atoms with Crippen LogP contribution in [0.2, 0.25) is 0 Å².